The van der Waals surface area contributed by atoms with Crippen LogP contribution < -0.4 is 31.8 Å². The van der Waals surface area contributed by atoms with E-state index in [9.17, 15) is 18.0 Å². The molecule has 0 spiro atoms. The molecule has 1 aromatic heterocycles. The first-order valence-corrected chi connectivity index (χ1v) is 9.33. The molecule has 2 N–H and O–H groups in total. The Morgan fingerprint density at radius 1 is 1.15 bits per heavy atom. The van der Waals surface area contributed by atoms with Crippen molar-refractivity contribution in [1.29, 1.82) is 0 Å². The summed E-state index contributed by atoms with van der Waals surface area (Å²) in [5.74, 6) is -1.09. The van der Waals surface area contributed by atoms with Gasteiger partial charge in [0, 0.05) is 6.07 Å². The van der Waals surface area contributed by atoms with Gasteiger partial charge in [-0.15, -0.1) is 4.83 Å². The maximum Gasteiger partial charge on any atom is 0.372 e. The van der Waals surface area contributed by atoms with Gasteiger partial charge in [0.2, 0.25) is 6.54 Å². The van der Waals surface area contributed by atoms with Gasteiger partial charge in [0.1, 0.15) is 5.56 Å². The van der Waals surface area contributed by atoms with Crippen LogP contribution in [0.15, 0.2) is 53.7 Å². The van der Waals surface area contributed by atoms with Crippen LogP contribution in [0.3, 0.4) is 0 Å². The number of nitrogens with zero attached hydrogens (tertiary/aromatic N) is 1. The summed E-state index contributed by atoms with van der Waals surface area (Å²) in [6.07, 6.45) is 3.02. The van der Waals surface area contributed by atoms with Gasteiger partial charge in [-0.3, -0.25) is 10.2 Å². The van der Waals surface area contributed by atoms with Crippen molar-refractivity contribution in [3.05, 3.63) is 59.9 Å². The van der Waals surface area contributed by atoms with Crippen LogP contribution >= 0.6 is 0 Å². The molecule has 27 heavy (non-hydrogen) atoms. The van der Waals surface area contributed by atoms with E-state index in [1.54, 1.807) is 31.3 Å². The molecule has 10 heteroatoms. The van der Waals surface area contributed by atoms with Crippen molar-refractivity contribution in [2.45, 2.75) is 25.3 Å². The lowest BCUT2D eigenvalue weighted by Crippen LogP contribution is -3.00. The fourth-order valence-electron chi connectivity index (χ4n) is 2.07. The van der Waals surface area contributed by atoms with E-state index in [-0.39, 0.29) is 40.6 Å². The molecule has 146 valence electrons. The topological polar surface area (TPSA) is 105 Å². The highest BCUT2D eigenvalue weighted by molar-refractivity contribution is 7.89. The van der Waals surface area contributed by atoms with E-state index in [0.717, 1.165) is 5.56 Å². The van der Waals surface area contributed by atoms with Crippen molar-refractivity contribution in [1.82, 2.24) is 10.3 Å². The second kappa shape index (κ2) is 10.1. The largest absolute Gasteiger partial charge is 1.00 e. The van der Waals surface area contributed by atoms with Gasteiger partial charge < -0.3 is 21.7 Å². The van der Waals surface area contributed by atoms with Gasteiger partial charge in [0.25, 0.3) is 15.9 Å². The molecule has 1 amide bonds. The molecule has 2 rings (SSSR count). The van der Waals surface area contributed by atoms with Gasteiger partial charge in [-0.25, -0.2) is 13.2 Å². The highest BCUT2D eigenvalue weighted by Crippen LogP contribution is 2.09. The molecule has 1 heterocycles. The number of halogens is 1. The normalized spacial score (nSPS) is 10.6. The van der Waals surface area contributed by atoms with Crippen LogP contribution in [-0.4, -0.2) is 26.9 Å². The van der Waals surface area contributed by atoms with Gasteiger partial charge in [-0.05, 0) is 32.0 Å². The second-order valence-corrected chi connectivity index (χ2v) is 7.13. The average molecular weight is 458 g/mol. The number of hydrogen-bond donors (Lipinski definition) is 2. The van der Waals surface area contributed by atoms with Crippen molar-refractivity contribution in [3.63, 3.8) is 0 Å². The summed E-state index contributed by atoms with van der Waals surface area (Å²) in [6.45, 7) is 3.75. The number of aryl methyl sites for hydroxylation is 1. The molecule has 1 aromatic carbocycles. The Hall–Kier alpha value is -2.30. The summed E-state index contributed by atoms with van der Waals surface area (Å²) in [5, 5.41) is 0. The van der Waals surface area contributed by atoms with E-state index in [0.29, 0.717) is 0 Å². The number of hydrogen-bond acceptors (Lipinski definition) is 5. The van der Waals surface area contributed by atoms with E-state index < -0.39 is 21.9 Å². The van der Waals surface area contributed by atoms with Crippen LogP contribution in [0.4, 0.5) is 0 Å². The molecule has 0 saturated heterocycles. The van der Waals surface area contributed by atoms with E-state index in [1.807, 2.05) is 11.8 Å². The average Bonchev–Trinajstić information content (AvgIpc) is 2.60. The van der Waals surface area contributed by atoms with Crippen molar-refractivity contribution >= 4 is 21.9 Å². The summed E-state index contributed by atoms with van der Waals surface area (Å²) >= 11 is 0. The molecule has 0 aliphatic carbocycles. The maximum atomic E-state index is 12.2. The number of carbonyl (C=O) groups is 2. The molecule has 0 fully saturated rings. The lowest BCUT2D eigenvalue weighted by Gasteiger charge is -2.08. The zero-order chi connectivity index (χ0) is 19.2. The number of rotatable bonds is 7. The van der Waals surface area contributed by atoms with E-state index in [2.05, 4.69) is 5.43 Å². The molecule has 0 bridgehead atoms. The summed E-state index contributed by atoms with van der Waals surface area (Å²) in [4.78, 5) is 25.8. The molecule has 0 aliphatic heterocycles. The molecule has 0 radical (unpaired) electrons. The summed E-state index contributed by atoms with van der Waals surface area (Å²) < 4.78 is 30.7. The third kappa shape index (κ3) is 6.74. The van der Waals surface area contributed by atoms with Gasteiger partial charge in [-0.2, -0.15) is 4.57 Å². The molecule has 0 saturated carbocycles. The number of ether oxygens (including phenoxy) is 1. The predicted molar refractivity (Wildman–Crippen MR) is 92.2 cm³/mol. The van der Waals surface area contributed by atoms with E-state index in [1.165, 1.54) is 29.0 Å². The molecular formula is C17H20BrN3O5S. The van der Waals surface area contributed by atoms with Crippen LogP contribution in [0.25, 0.3) is 0 Å². The summed E-state index contributed by atoms with van der Waals surface area (Å²) in [6, 6.07) is 9.27. The number of amides is 1. The van der Waals surface area contributed by atoms with Crippen LogP contribution in [0.2, 0.25) is 0 Å². The molecule has 0 unspecified atom stereocenters. The smallest absolute Gasteiger partial charge is 0.372 e. The quantitative estimate of drug-likeness (QED) is 0.271. The summed E-state index contributed by atoms with van der Waals surface area (Å²) in [5.41, 5.74) is 3.26. The maximum absolute atomic E-state index is 12.2. The zero-order valence-corrected chi connectivity index (χ0v) is 17.2. The Morgan fingerprint density at radius 3 is 2.44 bits per heavy atom. The Kier molecular flexibility index (Phi) is 8.54. The lowest BCUT2D eigenvalue weighted by molar-refractivity contribution is -0.686. The number of aromatic nitrogens is 1. The fourth-order valence-corrected chi connectivity index (χ4v) is 2.91. The second-order valence-electron chi connectivity index (χ2n) is 5.44. The van der Waals surface area contributed by atoms with Gasteiger partial charge in [0.05, 0.1) is 11.5 Å². The zero-order valence-electron chi connectivity index (χ0n) is 14.8. The number of nitrogens with one attached hydrogen (secondary N) is 2. The lowest BCUT2D eigenvalue weighted by atomic mass is 10.2. The van der Waals surface area contributed by atoms with Crippen LogP contribution in [0.1, 0.15) is 22.8 Å². The molecule has 8 nitrogen and oxygen atoms in total. The Labute approximate surface area is 168 Å². The Bertz CT molecular complexity index is 901. The molecular weight excluding hydrogens is 438 g/mol. The van der Waals surface area contributed by atoms with Crippen LogP contribution in [0, 0.1) is 6.92 Å². The van der Waals surface area contributed by atoms with E-state index >= 15 is 0 Å². The van der Waals surface area contributed by atoms with Crippen molar-refractivity contribution < 1.29 is 44.3 Å². The predicted octanol–water partition coefficient (Wildman–Crippen LogP) is -2.53. The number of esters is 1. The SMILES string of the molecule is CCOC(=O)C[n+]1cccc(C(=O)NNS(=O)(=O)c2ccc(C)cc2)c1.[Br-]. The standard InChI is InChI=1S/C17H19N3O5S.BrH/c1-3-25-16(21)12-20-10-4-5-14(11-20)17(22)18-19-26(23,24)15-8-6-13(2)7-9-15;/h4-11,19H,3,12H2,1-2H3;1H. The molecule has 0 atom stereocenters. The van der Waals surface area contributed by atoms with Crippen molar-refractivity contribution in [3.8, 4) is 0 Å². The molecule has 2 aromatic rings. The number of benzene rings is 1. The third-order valence-corrected chi connectivity index (χ3v) is 4.63. The van der Waals surface area contributed by atoms with Gasteiger partial charge >= 0.3 is 5.97 Å². The first-order chi connectivity index (χ1) is 12.3. The number of carbonyl (C=O) groups excluding carboxylic acids is 2. The number of hydrazine groups is 1. The van der Waals surface area contributed by atoms with Crippen molar-refractivity contribution in [2.75, 3.05) is 6.61 Å². The van der Waals surface area contributed by atoms with Crippen LogP contribution in [0.5, 0.6) is 0 Å². The minimum atomic E-state index is -3.88. The fraction of sp³-hybridized carbons (Fsp3) is 0.235. The van der Waals surface area contributed by atoms with Gasteiger partial charge in [-0.1, -0.05) is 17.7 Å². The number of sulfonamides is 1. The third-order valence-electron chi connectivity index (χ3n) is 3.37. The molecule has 0 aliphatic rings. The number of pyridine rings is 1. The summed E-state index contributed by atoms with van der Waals surface area (Å²) in [7, 11) is -3.88. The van der Waals surface area contributed by atoms with Crippen LogP contribution in [-0.2, 0) is 26.1 Å². The first kappa shape index (κ1) is 22.7. The van der Waals surface area contributed by atoms with Crippen molar-refractivity contribution in [2.24, 2.45) is 0 Å². The first-order valence-electron chi connectivity index (χ1n) is 7.85. The minimum absolute atomic E-state index is 0. The van der Waals surface area contributed by atoms with E-state index in [4.69, 9.17) is 4.74 Å². The highest BCUT2D eigenvalue weighted by atomic mass is 79.9. The Morgan fingerprint density at radius 2 is 1.81 bits per heavy atom. The highest BCUT2D eigenvalue weighted by Gasteiger charge is 2.18. The minimum Gasteiger partial charge on any atom is -1.00 e. The Balaban J connectivity index is 0.00000364. The van der Waals surface area contributed by atoms with Gasteiger partial charge in [0.15, 0.2) is 12.4 Å². The monoisotopic (exact) mass is 457 g/mol.